The van der Waals surface area contributed by atoms with Crippen molar-refractivity contribution in [2.45, 2.75) is 18.7 Å². The molecule has 2 N–H and O–H groups in total. The van der Waals surface area contributed by atoms with Gasteiger partial charge in [0, 0.05) is 18.3 Å². The van der Waals surface area contributed by atoms with Crippen molar-refractivity contribution in [2.75, 3.05) is 10.6 Å². The largest absolute Gasteiger partial charge is 0.325 e. The number of halogens is 1. The SMILES string of the molecule is Cc1c(NC(=O)c2ccc(NC(=O)[C@@H](C)Br)cc2)c(=O)n(-c2ccccc2)n1C. The zero-order valence-corrected chi connectivity index (χ0v) is 17.9. The molecule has 0 aliphatic heterocycles. The normalized spacial score (nSPS) is 11.7. The van der Waals surface area contributed by atoms with Gasteiger partial charge in [0.25, 0.3) is 11.5 Å². The van der Waals surface area contributed by atoms with Crippen LogP contribution in [0.4, 0.5) is 11.4 Å². The van der Waals surface area contributed by atoms with Gasteiger partial charge in [-0.05, 0) is 50.2 Å². The molecule has 1 atom stereocenters. The van der Waals surface area contributed by atoms with Gasteiger partial charge in [-0.3, -0.25) is 19.1 Å². The summed E-state index contributed by atoms with van der Waals surface area (Å²) in [5.41, 5.74) is 2.24. The van der Waals surface area contributed by atoms with Gasteiger partial charge < -0.3 is 10.6 Å². The van der Waals surface area contributed by atoms with Crippen LogP contribution in [0.3, 0.4) is 0 Å². The van der Waals surface area contributed by atoms with Gasteiger partial charge in [-0.15, -0.1) is 0 Å². The molecule has 3 aromatic rings. The van der Waals surface area contributed by atoms with Crippen LogP contribution in [-0.2, 0) is 11.8 Å². The molecule has 0 radical (unpaired) electrons. The van der Waals surface area contributed by atoms with Crippen molar-refractivity contribution in [1.82, 2.24) is 9.36 Å². The number of carbonyl (C=O) groups is 2. The van der Waals surface area contributed by atoms with E-state index in [1.165, 1.54) is 4.68 Å². The minimum Gasteiger partial charge on any atom is -0.325 e. The quantitative estimate of drug-likeness (QED) is 0.576. The first-order valence-corrected chi connectivity index (χ1v) is 9.91. The number of para-hydroxylation sites is 1. The molecular formula is C21H21BrN4O3. The molecule has 0 fully saturated rings. The molecule has 8 heteroatoms. The second kappa shape index (κ2) is 8.48. The number of nitrogens with zero attached hydrogens (tertiary/aromatic N) is 2. The molecule has 1 aromatic heterocycles. The first-order chi connectivity index (χ1) is 13.8. The van der Waals surface area contributed by atoms with Crippen LogP contribution in [0, 0.1) is 6.92 Å². The number of hydrogen-bond donors (Lipinski definition) is 2. The average molecular weight is 457 g/mol. The predicted octanol–water partition coefficient (Wildman–Crippen LogP) is 3.46. The lowest BCUT2D eigenvalue weighted by molar-refractivity contribution is -0.115. The number of hydrogen-bond acceptors (Lipinski definition) is 3. The molecule has 0 saturated carbocycles. The average Bonchev–Trinajstić information content (AvgIpc) is 2.92. The van der Waals surface area contributed by atoms with E-state index in [-0.39, 0.29) is 22.0 Å². The van der Waals surface area contributed by atoms with Crippen molar-refractivity contribution in [2.24, 2.45) is 7.05 Å². The van der Waals surface area contributed by atoms with Gasteiger partial charge in [-0.1, -0.05) is 34.1 Å². The van der Waals surface area contributed by atoms with E-state index in [1.54, 1.807) is 49.8 Å². The Morgan fingerprint density at radius 2 is 1.62 bits per heavy atom. The minimum atomic E-state index is -0.400. The third kappa shape index (κ3) is 4.32. The van der Waals surface area contributed by atoms with Crippen molar-refractivity contribution in [3.05, 3.63) is 76.2 Å². The number of nitrogens with one attached hydrogen (secondary N) is 2. The fourth-order valence-electron chi connectivity index (χ4n) is 2.84. The summed E-state index contributed by atoms with van der Waals surface area (Å²) in [7, 11) is 1.77. The number of anilines is 2. The first-order valence-electron chi connectivity index (χ1n) is 9.00. The lowest BCUT2D eigenvalue weighted by Crippen LogP contribution is -2.23. The molecule has 1 heterocycles. The van der Waals surface area contributed by atoms with E-state index in [2.05, 4.69) is 26.6 Å². The molecule has 7 nitrogen and oxygen atoms in total. The number of rotatable bonds is 5. The minimum absolute atomic E-state index is 0.177. The summed E-state index contributed by atoms with van der Waals surface area (Å²) in [6.45, 7) is 3.50. The monoisotopic (exact) mass is 456 g/mol. The van der Waals surface area contributed by atoms with Crippen LogP contribution < -0.4 is 16.2 Å². The van der Waals surface area contributed by atoms with Crippen LogP contribution in [0.15, 0.2) is 59.4 Å². The fourth-order valence-corrected chi connectivity index (χ4v) is 2.96. The highest BCUT2D eigenvalue weighted by Crippen LogP contribution is 2.16. The van der Waals surface area contributed by atoms with Crippen LogP contribution in [0.5, 0.6) is 0 Å². The van der Waals surface area contributed by atoms with Crippen molar-refractivity contribution < 1.29 is 9.59 Å². The topological polar surface area (TPSA) is 85.1 Å². The number of carbonyl (C=O) groups excluding carboxylic acids is 2. The highest BCUT2D eigenvalue weighted by atomic mass is 79.9. The van der Waals surface area contributed by atoms with Crippen LogP contribution in [0.2, 0.25) is 0 Å². The third-order valence-electron chi connectivity index (χ3n) is 4.57. The molecule has 0 aliphatic rings. The van der Waals surface area contributed by atoms with Crippen LogP contribution in [0.1, 0.15) is 23.0 Å². The maximum atomic E-state index is 12.9. The van der Waals surface area contributed by atoms with E-state index >= 15 is 0 Å². The molecule has 0 spiro atoms. The summed E-state index contributed by atoms with van der Waals surface area (Å²) in [5.74, 6) is -0.577. The number of aromatic nitrogens is 2. The van der Waals surface area contributed by atoms with Gasteiger partial charge in [-0.2, -0.15) is 0 Å². The van der Waals surface area contributed by atoms with E-state index in [0.717, 1.165) is 0 Å². The molecule has 29 heavy (non-hydrogen) atoms. The Morgan fingerprint density at radius 3 is 2.21 bits per heavy atom. The fraction of sp³-hybridized carbons (Fsp3) is 0.190. The maximum Gasteiger partial charge on any atom is 0.295 e. The van der Waals surface area contributed by atoms with Crippen LogP contribution in [-0.4, -0.2) is 26.0 Å². The van der Waals surface area contributed by atoms with Crippen LogP contribution in [0.25, 0.3) is 5.69 Å². The number of amides is 2. The Labute approximate surface area is 176 Å². The number of alkyl halides is 1. The second-order valence-electron chi connectivity index (χ2n) is 6.57. The molecule has 3 rings (SSSR count). The Kier molecular flexibility index (Phi) is 6.03. The summed E-state index contributed by atoms with van der Waals surface area (Å²) < 4.78 is 3.21. The Hall–Kier alpha value is -3.13. The summed E-state index contributed by atoms with van der Waals surface area (Å²) in [6, 6.07) is 15.7. The first kappa shape index (κ1) is 20.6. The van der Waals surface area contributed by atoms with Crippen molar-refractivity contribution in [3.63, 3.8) is 0 Å². The third-order valence-corrected chi connectivity index (χ3v) is 4.98. The summed E-state index contributed by atoms with van der Waals surface area (Å²) >= 11 is 3.20. The predicted molar refractivity (Wildman–Crippen MR) is 117 cm³/mol. The summed E-state index contributed by atoms with van der Waals surface area (Å²) in [6.07, 6.45) is 0. The Bertz CT molecular complexity index is 1100. The van der Waals surface area contributed by atoms with E-state index in [1.807, 2.05) is 30.3 Å². The summed E-state index contributed by atoms with van der Waals surface area (Å²) in [5, 5.41) is 5.45. The zero-order chi connectivity index (χ0) is 21.1. The highest BCUT2D eigenvalue weighted by Gasteiger charge is 2.19. The lowest BCUT2D eigenvalue weighted by atomic mass is 10.2. The van der Waals surface area contributed by atoms with Gasteiger partial charge in [-0.25, -0.2) is 4.68 Å². The maximum absolute atomic E-state index is 12.9. The summed E-state index contributed by atoms with van der Waals surface area (Å²) in [4.78, 5) is 36.9. The van der Waals surface area contributed by atoms with Gasteiger partial charge in [0.1, 0.15) is 5.69 Å². The molecule has 0 bridgehead atoms. The highest BCUT2D eigenvalue weighted by molar-refractivity contribution is 9.10. The van der Waals surface area contributed by atoms with E-state index < -0.39 is 5.91 Å². The van der Waals surface area contributed by atoms with Crippen molar-refractivity contribution in [1.29, 1.82) is 0 Å². The Balaban J connectivity index is 1.83. The molecule has 0 aliphatic carbocycles. The second-order valence-corrected chi connectivity index (χ2v) is 7.95. The zero-order valence-electron chi connectivity index (χ0n) is 16.3. The molecule has 150 valence electrons. The lowest BCUT2D eigenvalue weighted by Gasteiger charge is -2.08. The van der Waals surface area contributed by atoms with Gasteiger partial charge >= 0.3 is 0 Å². The molecule has 0 saturated heterocycles. The van der Waals surface area contributed by atoms with Crippen LogP contribution >= 0.6 is 15.9 Å². The van der Waals surface area contributed by atoms with Crippen molar-refractivity contribution in [3.8, 4) is 5.69 Å². The standard InChI is InChI=1S/C21H21BrN4O3/c1-13(22)19(27)23-16-11-9-15(10-12-16)20(28)24-18-14(2)25(3)26(21(18)29)17-7-5-4-6-8-17/h4-13H,1-3H3,(H,23,27)(H,24,28)/t13-/m1/s1. The molecule has 2 amide bonds. The van der Waals surface area contributed by atoms with Gasteiger partial charge in [0.05, 0.1) is 16.2 Å². The van der Waals surface area contributed by atoms with E-state index in [0.29, 0.717) is 22.6 Å². The van der Waals surface area contributed by atoms with E-state index in [9.17, 15) is 14.4 Å². The van der Waals surface area contributed by atoms with Gasteiger partial charge in [0.2, 0.25) is 5.91 Å². The van der Waals surface area contributed by atoms with Gasteiger partial charge in [0.15, 0.2) is 0 Å². The molecule has 0 unspecified atom stereocenters. The Morgan fingerprint density at radius 1 is 1.00 bits per heavy atom. The molecule has 2 aromatic carbocycles. The molecular weight excluding hydrogens is 436 g/mol. The van der Waals surface area contributed by atoms with E-state index in [4.69, 9.17) is 0 Å². The number of benzene rings is 2. The smallest absolute Gasteiger partial charge is 0.295 e. The van der Waals surface area contributed by atoms with Crippen molar-refractivity contribution >= 4 is 39.1 Å².